The molecular weight excluding hydrogens is 1180 g/mol. The number of aryl methyl sites for hydroxylation is 1. The summed E-state index contributed by atoms with van der Waals surface area (Å²) in [4.78, 5) is 99.8. The van der Waals surface area contributed by atoms with E-state index in [2.05, 4.69) is 47.1 Å². The van der Waals surface area contributed by atoms with Crippen LogP contribution >= 0.6 is 24.0 Å². The number of alkyl carbamates (subject to hydrolysis) is 2. The van der Waals surface area contributed by atoms with Gasteiger partial charge in [-0.1, -0.05) is 113 Å². The van der Waals surface area contributed by atoms with E-state index < -0.39 is 58.2 Å². The molecule has 3 aromatic carbocycles. The number of amides is 4. The molecule has 5 aromatic rings. The summed E-state index contributed by atoms with van der Waals surface area (Å²) in [5.74, 6) is 0.391. The second-order valence-electron chi connectivity index (χ2n) is 25.4. The molecule has 24 heteroatoms. The first-order valence-electron chi connectivity index (χ1n) is 31.1. The molecular formula is C64H83N8O13P3. The molecule has 2 saturated heterocycles. The van der Waals surface area contributed by atoms with E-state index in [9.17, 15) is 43.0 Å². The van der Waals surface area contributed by atoms with Gasteiger partial charge in [-0.2, -0.15) is 0 Å². The number of phosphoric acid groups is 1. The van der Waals surface area contributed by atoms with Gasteiger partial charge in [0.1, 0.15) is 37.2 Å². The minimum Gasteiger partial charge on any atom is -0.453 e. The lowest BCUT2D eigenvalue weighted by Crippen LogP contribution is -2.54. The summed E-state index contributed by atoms with van der Waals surface area (Å²) in [7, 11) is -4.55. The number of aromatic nitrogens is 4. The molecule has 10 atom stereocenters. The van der Waals surface area contributed by atoms with Gasteiger partial charge in [0, 0.05) is 12.1 Å². The number of nitrogens with zero attached hydrogens (tertiary/aromatic N) is 6. The lowest BCUT2D eigenvalue weighted by Gasteiger charge is -2.37. The van der Waals surface area contributed by atoms with Crippen molar-refractivity contribution in [1.29, 1.82) is 0 Å². The molecule has 0 radical (unpaired) electrons. The number of hydrogen-bond donors (Lipinski definition) is 5. The number of carbonyl (C=O) groups excluding carboxylic acids is 4. The van der Waals surface area contributed by atoms with Gasteiger partial charge in [-0.3, -0.25) is 23.2 Å². The molecule has 4 unspecified atom stereocenters. The van der Waals surface area contributed by atoms with E-state index in [-0.39, 0.29) is 54.3 Å². The summed E-state index contributed by atoms with van der Waals surface area (Å²) < 4.78 is 49.4. The first kappa shape index (κ1) is 63.6. The predicted octanol–water partition coefficient (Wildman–Crippen LogP) is 12.4. The monoisotopic (exact) mass is 1260 g/mol. The molecule has 4 bridgehead atoms. The Balaban J connectivity index is 0.937. The van der Waals surface area contributed by atoms with Gasteiger partial charge >= 0.3 is 27.3 Å². The zero-order chi connectivity index (χ0) is 62.3. The van der Waals surface area contributed by atoms with Crippen LogP contribution in [0.2, 0.25) is 0 Å². The van der Waals surface area contributed by atoms with Crippen LogP contribution in [0.1, 0.15) is 164 Å². The van der Waals surface area contributed by atoms with Gasteiger partial charge in [0.25, 0.3) is 0 Å². The average molecular weight is 1270 g/mol. The zero-order valence-corrected chi connectivity index (χ0v) is 54.0. The number of allylic oxidation sites excluding steroid dienone is 5. The quantitative estimate of drug-likeness (QED) is 0.0575. The first-order valence-corrected chi connectivity index (χ1v) is 35.8. The Labute approximate surface area is 515 Å². The van der Waals surface area contributed by atoms with Crippen LogP contribution in [0.4, 0.5) is 9.59 Å². The normalized spacial score (nSPS) is 23.7. The van der Waals surface area contributed by atoms with Crippen molar-refractivity contribution in [3.8, 4) is 11.1 Å². The van der Waals surface area contributed by atoms with E-state index in [0.717, 1.165) is 123 Å². The minimum atomic E-state index is -4.95. The van der Waals surface area contributed by atoms with Gasteiger partial charge in [0.15, 0.2) is 0 Å². The molecule has 14 rings (SSSR count). The van der Waals surface area contributed by atoms with Crippen LogP contribution in [0.3, 0.4) is 0 Å². The Morgan fingerprint density at radius 1 is 0.659 bits per heavy atom. The Morgan fingerprint density at radius 2 is 1.18 bits per heavy atom. The van der Waals surface area contributed by atoms with E-state index in [4.69, 9.17) is 28.5 Å². The molecule has 7 aliphatic carbocycles. The number of carbonyl (C=O) groups is 4. The molecule has 9 aliphatic rings. The maximum atomic E-state index is 14.9. The number of likely N-dealkylation sites (tertiary alicyclic amines) is 2. The van der Waals surface area contributed by atoms with Crippen molar-refractivity contribution in [3.63, 3.8) is 0 Å². The van der Waals surface area contributed by atoms with E-state index >= 15 is 0 Å². The van der Waals surface area contributed by atoms with Crippen LogP contribution in [-0.2, 0) is 57.1 Å². The molecule has 5 N–H and O–H groups in total. The lowest BCUT2D eigenvalue weighted by atomic mass is 9.83. The Morgan fingerprint density at radius 3 is 1.72 bits per heavy atom. The number of phosphoric ester groups is 1. The van der Waals surface area contributed by atoms with Gasteiger partial charge in [0.2, 0.25) is 11.8 Å². The number of benzene rings is 3. The molecule has 0 spiro atoms. The van der Waals surface area contributed by atoms with Crippen molar-refractivity contribution in [2.45, 2.75) is 180 Å². The third-order valence-corrected chi connectivity index (χ3v) is 20.6. The van der Waals surface area contributed by atoms with E-state index in [0.29, 0.717) is 46.6 Å². The number of hydrogen-bond acceptors (Lipinski definition) is 12. The summed E-state index contributed by atoms with van der Waals surface area (Å²) in [6.07, 6.45) is 18.9. The van der Waals surface area contributed by atoms with Gasteiger partial charge in [-0.15, -0.1) is 0 Å². The third kappa shape index (κ3) is 13.5. The van der Waals surface area contributed by atoms with Crippen LogP contribution in [0, 0.1) is 23.7 Å². The fourth-order valence-corrected chi connectivity index (χ4v) is 15.7. The van der Waals surface area contributed by atoms with Gasteiger partial charge in [-0.25, -0.2) is 24.1 Å². The molecule has 4 fully saturated rings. The average Bonchev–Trinajstić information content (AvgIpc) is 1.63. The fourth-order valence-electron chi connectivity index (χ4n) is 14.9. The van der Waals surface area contributed by atoms with E-state index in [1.54, 1.807) is 4.57 Å². The second-order valence-corrected chi connectivity index (χ2v) is 30.0. The summed E-state index contributed by atoms with van der Waals surface area (Å²) >= 11 is 0. The Kier molecular flexibility index (Phi) is 19.1. The number of fused-ring (bicyclic) bond motifs is 4. The van der Waals surface area contributed by atoms with Crippen molar-refractivity contribution in [2.24, 2.45) is 23.7 Å². The van der Waals surface area contributed by atoms with Gasteiger partial charge < -0.3 is 53.7 Å². The molecule has 2 saturated carbocycles. The van der Waals surface area contributed by atoms with Crippen molar-refractivity contribution >= 4 is 81.8 Å². The topological polar surface area (TPSA) is 266 Å². The molecule has 21 nitrogen and oxygen atoms in total. The predicted molar refractivity (Wildman–Crippen MR) is 338 cm³/mol. The van der Waals surface area contributed by atoms with Gasteiger partial charge in [-0.05, 0) is 167 Å². The Bertz CT molecular complexity index is 3690. The van der Waals surface area contributed by atoms with Gasteiger partial charge in [0.05, 0.1) is 48.4 Å². The fraction of sp³-hybridized carbons (Fsp3) is 0.531. The molecule has 4 amide bonds. The van der Waals surface area contributed by atoms with Crippen molar-refractivity contribution in [1.82, 2.24) is 39.5 Å². The Hall–Kier alpha value is -6.01. The molecule has 4 heterocycles. The number of methoxy groups -OCH3 is 2. The highest BCUT2D eigenvalue weighted by Gasteiger charge is 2.51. The smallest absolute Gasteiger partial charge is 0.453 e. The van der Waals surface area contributed by atoms with Crippen LogP contribution in [-0.4, -0.2) is 106 Å². The molecule has 472 valence electrons. The largest absolute Gasteiger partial charge is 0.471 e. The summed E-state index contributed by atoms with van der Waals surface area (Å²) in [6, 6.07) is 15.7. The van der Waals surface area contributed by atoms with Crippen molar-refractivity contribution in [3.05, 3.63) is 106 Å². The number of rotatable bonds is 16. The van der Waals surface area contributed by atoms with Crippen LogP contribution in [0.15, 0.2) is 77.9 Å². The van der Waals surface area contributed by atoms with E-state index in [1.165, 1.54) is 25.4 Å². The number of nitrogens with one attached hydrogen (secondary N) is 2. The standard InChI is InChI=1S/C64H83N8O13P3/c1-37(2)57(67-63(75)82-5)61(73)71-51-17-11-9-15-45(51)33-55(71)59-65-49-32-44(26-27-53(49)69(59)35-84-87(77,78)79)48-29-39-13-7-8-14-41-22-20-40(21-24-42(48)23-19-39)30-47(41)43-25-28-54-50(31-43)66-60(70(54)36-85-88(80,81)86)56-34-46-16-10-12-18-52(46)72(56)62(74)58(38(3)4)68-64(76)83-6/h8,14,20,22,25-32,37-38,45-46,51-52,55-58H,7,9-13,15-19,21,23-24,33-36,86H2,1-6H3,(H,67,75)(H,68,76)(H,80,81)(H2,77,78,79)/t45-,46-,51-,52-,55-,56-,57?,58?/m0/s1. The molecule has 2 aromatic heterocycles. The van der Waals surface area contributed by atoms with Crippen LogP contribution in [0.5, 0.6) is 0 Å². The lowest BCUT2D eigenvalue weighted by molar-refractivity contribution is -0.139. The van der Waals surface area contributed by atoms with E-state index in [1.807, 2.05) is 87.4 Å². The molecule has 88 heavy (non-hydrogen) atoms. The summed E-state index contributed by atoms with van der Waals surface area (Å²) in [6.45, 7) is 6.75. The summed E-state index contributed by atoms with van der Waals surface area (Å²) in [5.41, 5.74) is 11.3. The highest BCUT2D eigenvalue weighted by Crippen LogP contribution is 2.53. The number of ether oxygens (including phenoxy) is 2. The maximum absolute atomic E-state index is 14.9. The van der Waals surface area contributed by atoms with Crippen LogP contribution in [0.25, 0.3) is 44.8 Å². The third-order valence-electron chi connectivity index (χ3n) is 19.2. The second kappa shape index (κ2) is 26.4. The summed E-state index contributed by atoms with van der Waals surface area (Å²) in [5, 5.41) is 5.57. The van der Waals surface area contributed by atoms with Crippen molar-refractivity contribution in [2.75, 3.05) is 14.2 Å². The minimum absolute atomic E-state index is 0.0774. The van der Waals surface area contributed by atoms with Crippen molar-refractivity contribution < 1.29 is 61.5 Å². The zero-order valence-electron chi connectivity index (χ0n) is 51.0. The van der Waals surface area contributed by atoms with Crippen LogP contribution < -0.4 is 10.6 Å². The SMILES string of the molecule is COC(=O)NC(C(=O)N1[C@H](c2nc3cc(C4=C5CCC(=C4)CCC=Cc4ccc(cc4-c4ccc6c(c4)nc([C@@H]4C[C@@H]7CCCC[C@@H]7N4C(=O)C(NC(=O)OC)C(C)C)n6COP(=O)(O)P)CC5)ccc3n2COP(=O)(O)O)C[C@@H]2CCCC[C@@H]21)C(C)C. The number of imidazole rings is 2. The highest BCUT2D eigenvalue weighted by atomic mass is 32.1. The molecule has 2 aliphatic heterocycles. The highest BCUT2D eigenvalue weighted by molar-refractivity contribution is 8.11. The first-order chi connectivity index (χ1) is 42.1. The maximum Gasteiger partial charge on any atom is 0.471 e.